The van der Waals surface area contributed by atoms with Gasteiger partial charge in [-0.25, -0.2) is 0 Å². The normalized spacial score (nSPS) is 13.4. The van der Waals surface area contributed by atoms with Crippen molar-refractivity contribution in [3.05, 3.63) is 0 Å². The molecule has 0 aromatic heterocycles. The average Bonchev–Trinajstić information content (AvgIpc) is 2.58. The zero-order chi connectivity index (χ0) is 18.9. The van der Waals surface area contributed by atoms with Crippen molar-refractivity contribution in [2.75, 3.05) is 6.54 Å². The maximum absolute atomic E-state index is 11.2. The maximum Gasteiger partial charge on any atom is 1.00 e. The zero-order valence-electron chi connectivity index (χ0n) is 18.5. The molecule has 0 rings (SSSR count). The Labute approximate surface area is 186 Å². The summed E-state index contributed by atoms with van der Waals surface area (Å²) < 4.78 is 0. The van der Waals surface area contributed by atoms with Gasteiger partial charge < -0.3 is 9.90 Å². The molecular weight excluding hydrogens is 333 g/mol. The largest absolute Gasteiger partial charge is 1.00 e. The molecule has 0 N–H and O–H groups in total. The summed E-state index contributed by atoms with van der Waals surface area (Å²) in [5, 5.41) is 11.2. The van der Waals surface area contributed by atoms with E-state index in [1.807, 2.05) is 0 Å². The van der Waals surface area contributed by atoms with Gasteiger partial charge in [0, 0.05) is 18.6 Å². The molecule has 0 aromatic rings. The van der Waals surface area contributed by atoms with Crippen molar-refractivity contribution < 1.29 is 39.5 Å². The Morgan fingerprint density at radius 3 is 1.42 bits per heavy atom. The van der Waals surface area contributed by atoms with Crippen molar-refractivity contribution in [3.63, 3.8) is 0 Å². The van der Waals surface area contributed by atoms with Crippen LogP contribution >= 0.6 is 0 Å². The molecule has 0 fully saturated rings. The van der Waals surface area contributed by atoms with Gasteiger partial charge in [0.2, 0.25) is 0 Å². The second-order valence-corrected chi connectivity index (χ2v) is 7.86. The van der Waals surface area contributed by atoms with E-state index in [0.29, 0.717) is 12.1 Å². The third-order valence-corrected chi connectivity index (χ3v) is 5.39. The van der Waals surface area contributed by atoms with Gasteiger partial charge in [-0.15, -0.1) is 0 Å². The number of hydrogen-bond acceptors (Lipinski definition) is 3. The van der Waals surface area contributed by atoms with Crippen molar-refractivity contribution in [2.45, 2.75) is 130 Å². The molecule has 0 heterocycles. The predicted molar refractivity (Wildman–Crippen MR) is 107 cm³/mol. The molecule has 4 heteroatoms. The number of carbonyl (C=O) groups excluding carboxylic acids is 1. The average molecular weight is 378 g/mol. The fraction of sp³-hybridized carbons (Fsp3) is 0.955. The Kier molecular flexibility index (Phi) is 22.2. The van der Waals surface area contributed by atoms with Crippen LogP contribution in [0, 0.1) is 0 Å². The monoisotopic (exact) mass is 377 g/mol. The minimum absolute atomic E-state index is 0. The van der Waals surface area contributed by atoms with Gasteiger partial charge >= 0.3 is 29.6 Å². The molecule has 0 aliphatic heterocycles. The molecule has 0 aliphatic carbocycles. The standard InChI is InChI=1S/C22H45NO2.Na/c1-5-7-9-11-13-15-17-20(3)23(19-22(24)25)21(4)18-16-14-12-10-8-6-2;/h20-21H,5-19H2,1-4H3,(H,24,25);/q;+1/p-1. The minimum Gasteiger partial charge on any atom is -0.549 e. The number of aliphatic carboxylic acids is 1. The van der Waals surface area contributed by atoms with Gasteiger partial charge in [0.05, 0.1) is 5.97 Å². The van der Waals surface area contributed by atoms with E-state index in [2.05, 4.69) is 32.6 Å². The molecule has 0 saturated carbocycles. The molecule has 0 radical (unpaired) electrons. The molecule has 26 heavy (non-hydrogen) atoms. The van der Waals surface area contributed by atoms with E-state index >= 15 is 0 Å². The first-order valence-corrected chi connectivity index (χ1v) is 11.0. The number of unbranched alkanes of at least 4 members (excludes halogenated alkanes) is 10. The molecule has 0 saturated heterocycles. The summed E-state index contributed by atoms with van der Waals surface area (Å²) in [5.74, 6) is -0.940. The molecule has 150 valence electrons. The van der Waals surface area contributed by atoms with Crippen LogP contribution in [0.3, 0.4) is 0 Å². The van der Waals surface area contributed by atoms with Crippen LogP contribution in [0.25, 0.3) is 0 Å². The summed E-state index contributed by atoms with van der Waals surface area (Å²) in [4.78, 5) is 13.3. The van der Waals surface area contributed by atoms with E-state index in [1.165, 1.54) is 77.0 Å². The molecule has 0 amide bonds. The summed E-state index contributed by atoms with van der Waals surface area (Å²) in [6.45, 7) is 8.93. The second-order valence-electron chi connectivity index (χ2n) is 7.86. The van der Waals surface area contributed by atoms with E-state index in [4.69, 9.17) is 0 Å². The summed E-state index contributed by atoms with van der Waals surface area (Å²) in [7, 11) is 0. The molecule has 2 unspecified atom stereocenters. The molecule has 2 atom stereocenters. The van der Waals surface area contributed by atoms with Crippen molar-refractivity contribution in [3.8, 4) is 0 Å². The third-order valence-electron chi connectivity index (χ3n) is 5.39. The number of nitrogens with zero attached hydrogens (tertiary/aromatic N) is 1. The first kappa shape index (κ1) is 28.6. The van der Waals surface area contributed by atoms with Gasteiger partial charge in [0.15, 0.2) is 0 Å². The third kappa shape index (κ3) is 16.6. The Bertz CT molecular complexity index is 291. The van der Waals surface area contributed by atoms with Gasteiger partial charge in [-0.05, 0) is 26.7 Å². The number of carboxylic acid groups (broad SMARTS) is 1. The molecule has 0 spiro atoms. The Morgan fingerprint density at radius 1 is 0.731 bits per heavy atom. The number of hydrogen-bond donors (Lipinski definition) is 0. The quantitative estimate of drug-likeness (QED) is 0.272. The van der Waals surface area contributed by atoms with Crippen LogP contribution in [-0.4, -0.2) is 29.5 Å². The van der Waals surface area contributed by atoms with Gasteiger partial charge in [-0.1, -0.05) is 90.9 Å². The van der Waals surface area contributed by atoms with Gasteiger partial charge in [-0.2, -0.15) is 0 Å². The van der Waals surface area contributed by atoms with Crippen LogP contribution in [0.1, 0.15) is 118 Å². The number of rotatable bonds is 18. The summed E-state index contributed by atoms with van der Waals surface area (Å²) in [5.41, 5.74) is 0. The molecule has 0 aliphatic rings. The van der Waals surface area contributed by atoms with Crippen LogP contribution in [0.5, 0.6) is 0 Å². The zero-order valence-corrected chi connectivity index (χ0v) is 20.5. The van der Waals surface area contributed by atoms with E-state index in [9.17, 15) is 9.90 Å². The smallest absolute Gasteiger partial charge is 0.549 e. The maximum atomic E-state index is 11.2. The van der Waals surface area contributed by atoms with Gasteiger partial charge in [-0.3, -0.25) is 4.90 Å². The molecular formula is C22H44NNaO2. The minimum atomic E-state index is -0.940. The Morgan fingerprint density at radius 2 is 1.08 bits per heavy atom. The predicted octanol–water partition coefficient (Wildman–Crippen LogP) is 2.32. The van der Waals surface area contributed by atoms with E-state index < -0.39 is 5.97 Å². The van der Waals surface area contributed by atoms with Crippen LogP contribution in [-0.2, 0) is 4.79 Å². The van der Waals surface area contributed by atoms with Crippen LogP contribution < -0.4 is 34.7 Å². The first-order valence-electron chi connectivity index (χ1n) is 11.0. The number of carboxylic acids is 1. The van der Waals surface area contributed by atoms with Crippen LogP contribution in [0.15, 0.2) is 0 Å². The van der Waals surface area contributed by atoms with Crippen molar-refractivity contribution in [2.24, 2.45) is 0 Å². The topological polar surface area (TPSA) is 43.4 Å². The van der Waals surface area contributed by atoms with E-state index in [1.54, 1.807) is 0 Å². The summed E-state index contributed by atoms with van der Waals surface area (Å²) in [6.07, 6.45) is 17.7. The van der Waals surface area contributed by atoms with E-state index in [-0.39, 0.29) is 36.1 Å². The van der Waals surface area contributed by atoms with Crippen molar-refractivity contribution in [1.82, 2.24) is 4.90 Å². The van der Waals surface area contributed by atoms with E-state index in [0.717, 1.165) is 12.8 Å². The fourth-order valence-corrected chi connectivity index (χ4v) is 3.67. The fourth-order valence-electron chi connectivity index (χ4n) is 3.67. The Hall–Kier alpha value is 0.430. The number of carbonyl (C=O) groups is 1. The first-order chi connectivity index (χ1) is 12.0. The second kappa shape index (κ2) is 20.2. The van der Waals surface area contributed by atoms with Crippen molar-refractivity contribution in [1.29, 1.82) is 0 Å². The summed E-state index contributed by atoms with van der Waals surface area (Å²) in [6, 6.07) is 0.665. The van der Waals surface area contributed by atoms with Gasteiger partial charge in [0.1, 0.15) is 0 Å². The van der Waals surface area contributed by atoms with Crippen LogP contribution in [0.4, 0.5) is 0 Å². The SMILES string of the molecule is CCCCCCCCC(C)N(CC(=O)[O-])C(C)CCCCCCCC.[Na+]. The van der Waals surface area contributed by atoms with Gasteiger partial charge in [0.25, 0.3) is 0 Å². The van der Waals surface area contributed by atoms with Crippen molar-refractivity contribution >= 4 is 5.97 Å². The summed E-state index contributed by atoms with van der Waals surface area (Å²) >= 11 is 0. The molecule has 0 bridgehead atoms. The Balaban J connectivity index is 0. The molecule has 3 nitrogen and oxygen atoms in total. The molecule has 0 aromatic carbocycles. The van der Waals surface area contributed by atoms with Crippen LogP contribution in [0.2, 0.25) is 0 Å².